The number of rotatable bonds is 6. The topological polar surface area (TPSA) is 109 Å². The van der Waals surface area contributed by atoms with E-state index in [1.165, 1.54) is 18.4 Å². The Morgan fingerprint density at radius 1 is 0.968 bits per heavy atom. The molecular weight excluding hydrogens is 416 g/mol. The van der Waals surface area contributed by atoms with Gasteiger partial charge >= 0.3 is 0 Å². The number of carbonyl (C=O) groups excluding carboxylic acids is 1. The molecule has 158 valence electrons. The van der Waals surface area contributed by atoms with Crippen molar-refractivity contribution < 1.29 is 19.0 Å². The molecule has 0 atom stereocenters. The van der Waals surface area contributed by atoms with E-state index in [0.29, 0.717) is 32.4 Å². The molecular formula is C22H20N4O4S. The summed E-state index contributed by atoms with van der Waals surface area (Å²) in [6.45, 7) is 0. The predicted molar refractivity (Wildman–Crippen MR) is 121 cm³/mol. The molecule has 0 aliphatic rings. The number of hydrogen-bond acceptors (Lipinski definition) is 8. The van der Waals surface area contributed by atoms with Gasteiger partial charge in [0.2, 0.25) is 11.8 Å². The molecule has 0 saturated carbocycles. The van der Waals surface area contributed by atoms with E-state index in [4.69, 9.17) is 19.9 Å². The summed E-state index contributed by atoms with van der Waals surface area (Å²) in [6.07, 6.45) is 0. The Morgan fingerprint density at radius 2 is 1.74 bits per heavy atom. The highest BCUT2D eigenvalue weighted by Crippen LogP contribution is 2.35. The summed E-state index contributed by atoms with van der Waals surface area (Å²) in [5, 5.41) is 3.57. The van der Waals surface area contributed by atoms with Crippen LogP contribution in [-0.4, -0.2) is 37.2 Å². The molecule has 2 aromatic carbocycles. The van der Waals surface area contributed by atoms with Crippen LogP contribution in [-0.2, 0) is 0 Å². The standard InChI is InChI=1S/C22H20N4O4S/c1-28-14-7-4-12(5-8-14)15-10-13(6-9-17(15)29-2)24-19(27)18-11-16-20(30-3)25-22(23)26-21(16)31-18/h4-11H,1-3H3,(H,24,27)(H2,23,25,26). The fourth-order valence-electron chi connectivity index (χ4n) is 3.15. The molecule has 0 unspecified atom stereocenters. The molecule has 0 fully saturated rings. The number of benzene rings is 2. The highest BCUT2D eigenvalue weighted by atomic mass is 32.1. The SMILES string of the molecule is COc1ccc(-c2cc(NC(=O)c3cc4c(OC)nc(N)nc4s3)ccc2OC)cc1. The smallest absolute Gasteiger partial charge is 0.265 e. The fraction of sp³-hybridized carbons (Fsp3) is 0.136. The third-order valence-electron chi connectivity index (χ3n) is 4.65. The Bertz CT molecular complexity index is 1250. The second-order valence-electron chi connectivity index (χ2n) is 6.52. The second-order valence-corrected chi connectivity index (χ2v) is 7.55. The Balaban J connectivity index is 1.64. The van der Waals surface area contributed by atoms with Crippen LogP contribution in [0.15, 0.2) is 48.5 Å². The molecule has 0 spiro atoms. The largest absolute Gasteiger partial charge is 0.497 e. The van der Waals surface area contributed by atoms with Gasteiger partial charge in [-0.05, 0) is 42.0 Å². The molecule has 1 amide bonds. The molecule has 0 aliphatic heterocycles. The van der Waals surface area contributed by atoms with E-state index in [1.54, 1.807) is 26.4 Å². The van der Waals surface area contributed by atoms with Crippen molar-refractivity contribution in [2.75, 3.05) is 32.4 Å². The lowest BCUT2D eigenvalue weighted by molar-refractivity contribution is 0.103. The Labute approximate surface area is 182 Å². The van der Waals surface area contributed by atoms with Crippen LogP contribution in [0, 0.1) is 0 Å². The number of nitrogen functional groups attached to an aromatic ring is 1. The summed E-state index contributed by atoms with van der Waals surface area (Å²) in [4.78, 5) is 22.2. The molecule has 2 aromatic heterocycles. The molecule has 3 N–H and O–H groups in total. The van der Waals surface area contributed by atoms with Crippen molar-refractivity contribution in [3.63, 3.8) is 0 Å². The first-order chi connectivity index (χ1) is 15.0. The van der Waals surface area contributed by atoms with E-state index in [-0.39, 0.29) is 11.9 Å². The van der Waals surface area contributed by atoms with Gasteiger partial charge in [0, 0.05) is 11.3 Å². The van der Waals surface area contributed by atoms with Crippen molar-refractivity contribution in [2.45, 2.75) is 0 Å². The van der Waals surface area contributed by atoms with Crippen LogP contribution in [0.4, 0.5) is 11.6 Å². The van der Waals surface area contributed by atoms with Gasteiger partial charge in [0.05, 0.1) is 31.6 Å². The van der Waals surface area contributed by atoms with Crippen LogP contribution in [0.1, 0.15) is 9.67 Å². The summed E-state index contributed by atoms with van der Waals surface area (Å²) >= 11 is 1.22. The molecule has 2 heterocycles. The fourth-order valence-corrected chi connectivity index (χ4v) is 4.08. The number of aromatic nitrogens is 2. The number of methoxy groups -OCH3 is 3. The Morgan fingerprint density at radius 3 is 2.42 bits per heavy atom. The van der Waals surface area contributed by atoms with E-state index >= 15 is 0 Å². The van der Waals surface area contributed by atoms with E-state index in [9.17, 15) is 4.79 Å². The third-order valence-corrected chi connectivity index (χ3v) is 5.68. The van der Waals surface area contributed by atoms with Crippen molar-refractivity contribution in [2.24, 2.45) is 0 Å². The number of nitrogens with zero attached hydrogens (tertiary/aromatic N) is 2. The minimum atomic E-state index is -0.269. The van der Waals surface area contributed by atoms with Crippen molar-refractivity contribution in [3.8, 4) is 28.5 Å². The quantitative estimate of drug-likeness (QED) is 0.466. The van der Waals surface area contributed by atoms with Crippen molar-refractivity contribution in [1.82, 2.24) is 9.97 Å². The lowest BCUT2D eigenvalue weighted by Crippen LogP contribution is -2.10. The molecule has 8 nitrogen and oxygen atoms in total. The number of thiophene rings is 1. The zero-order chi connectivity index (χ0) is 22.0. The summed E-state index contributed by atoms with van der Waals surface area (Å²) in [7, 11) is 4.73. The number of carbonyl (C=O) groups is 1. The first kappa shape index (κ1) is 20.4. The number of hydrogen-bond donors (Lipinski definition) is 2. The summed E-state index contributed by atoms with van der Waals surface area (Å²) in [6, 6.07) is 14.8. The van der Waals surface area contributed by atoms with Crippen LogP contribution in [0.2, 0.25) is 0 Å². The van der Waals surface area contributed by atoms with Crippen LogP contribution in [0.5, 0.6) is 17.4 Å². The molecule has 0 aliphatic carbocycles. The Hall–Kier alpha value is -3.85. The molecule has 4 aromatic rings. The number of nitrogens with two attached hydrogens (primary N) is 1. The van der Waals surface area contributed by atoms with Crippen molar-refractivity contribution in [1.29, 1.82) is 0 Å². The van der Waals surface area contributed by atoms with Gasteiger partial charge in [0.15, 0.2) is 0 Å². The predicted octanol–water partition coefficient (Wildman–Crippen LogP) is 4.22. The van der Waals surface area contributed by atoms with Gasteiger partial charge in [0.25, 0.3) is 5.91 Å². The van der Waals surface area contributed by atoms with E-state index in [1.807, 2.05) is 36.4 Å². The van der Waals surface area contributed by atoms with E-state index in [2.05, 4.69) is 15.3 Å². The minimum Gasteiger partial charge on any atom is -0.497 e. The summed E-state index contributed by atoms with van der Waals surface area (Å²) < 4.78 is 16.0. The van der Waals surface area contributed by atoms with Crippen molar-refractivity contribution in [3.05, 3.63) is 53.4 Å². The maximum atomic E-state index is 12.9. The number of fused-ring (bicyclic) bond motifs is 1. The van der Waals surface area contributed by atoms with Crippen LogP contribution in [0.3, 0.4) is 0 Å². The highest BCUT2D eigenvalue weighted by molar-refractivity contribution is 7.20. The molecule has 0 bridgehead atoms. The first-order valence-electron chi connectivity index (χ1n) is 9.27. The number of nitrogens with one attached hydrogen (secondary N) is 1. The average molecular weight is 436 g/mol. The lowest BCUT2D eigenvalue weighted by atomic mass is 10.0. The second kappa shape index (κ2) is 8.49. The zero-order valence-corrected chi connectivity index (χ0v) is 17.9. The third kappa shape index (κ3) is 4.08. The molecule has 9 heteroatoms. The summed E-state index contributed by atoms with van der Waals surface area (Å²) in [5.41, 5.74) is 8.13. The normalized spacial score (nSPS) is 10.7. The van der Waals surface area contributed by atoms with E-state index in [0.717, 1.165) is 16.9 Å². The monoisotopic (exact) mass is 436 g/mol. The van der Waals surface area contributed by atoms with Gasteiger partial charge in [-0.1, -0.05) is 12.1 Å². The average Bonchev–Trinajstić information content (AvgIpc) is 3.22. The van der Waals surface area contributed by atoms with Gasteiger partial charge in [-0.25, -0.2) is 4.98 Å². The minimum absolute atomic E-state index is 0.0949. The van der Waals surface area contributed by atoms with Crippen LogP contribution >= 0.6 is 11.3 Å². The maximum absolute atomic E-state index is 12.9. The molecule has 31 heavy (non-hydrogen) atoms. The van der Waals surface area contributed by atoms with Gasteiger partial charge < -0.3 is 25.3 Å². The number of anilines is 2. The van der Waals surface area contributed by atoms with Gasteiger partial charge in [-0.2, -0.15) is 4.98 Å². The molecule has 0 saturated heterocycles. The van der Waals surface area contributed by atoms with Crippen LogP contribution in [0.25, 0.3) is 21.3 Å². The highest BCUT2D eigenvalue weighted by Gasteiger charge is 2.17. The van der Waals surface area contributed by atoms with Gasteiger partial charge in [-0.3, -0.25) is 4.79 Å². The van der Waals surface area contributed by atoms with E-state index < -0.39 is 0 Å². The zero-order valence-electron chi connectivity index (χ0n) is 17.1. The number of amides is 1. The van der Waals surface area contributed by atoms with Crippen molar-refractivity contribution >= 4 is 39.1 Å². The van der Waals surface area contributed by atoms with Gasteiger partial charge in [0.1, 0.15) is 16.3 Å². The number of ether oxygens (including phenoxy) is 3. The molecule has 0 radical (unpaired) electrons. The molecule has 4 rings (SSSR count). The maximum Gasteiger partial charge on any atom is 0.265 e. The Kier molecular flexibility index (Phi) is 5.59. The first-order valence-corrected chi connectivity index (χ1v) is 10.1. The van der Waals surface area contributed by atoms with Crippen LogP contribution < -0.4 is 25.3 Å². The summed E-state index contributed by atoms with van der Waals surface area (Å²) in [5.74, 6) is 1.62. The van der Waals surface area contributed by atoms with Gasteiger partial charge in [-0.15, -0.1) is 11.3 Å². The lowest BCUT2D eigenvalue weighted by Gasteiger charge is -2.12.